The van der Waals surface area contributed by atoms with Gasteiger partial charge in [-0.15, -0.1) is 0 Å². The summed E-state index contributed by atoms with van der Waals surface area (Å²) in [4.78, 5) is 34.3. The van der Waals surface area contributed by atoms with Crippen molar-refractivity contribution in [2.75, 3.05) is 11.9 Å². The number of nitrogens with zero attached hydrogens (tertiary/aromatic N) is 3. The van der Waals surface area contributed by atoms with Crippen LogP contribution in [-0.4, -0.2) is 33.1 Å². The molecule has 0 atom stereocenters. The van der Waals surface area contributed by atoms with Crippen molar-refractivity contribution in [2.24, 2.45) is 0 Å². The maximum Gasteiger partial charge on any atom is 0.269 e. The number of nitro benzene ring substituents is 1. The molecule has 0 saturated heterocycles. The summed E-state index contributed by atoms with van der Waals surface area (Å²) < 4.78 is 6.58. The number of furan rings is 1. The van der Waals surface area contributed by atoms with E-state index in [0.717, 1.165) is 0 Å². The van der Waals surface area contributed by atoms with Gasteiger partial charge in [0.25, 0.3) is 5.69 Å². The van der Waals surface area contributed by atoms with Gasteiger partial charge in [0.2, 0.25) is 11.8 Å². The fraction of sp³-hybridized carbons (Fsp3) is 0.150. The third-order valence-corrected chi connectivity index (χ3v) is 4.00. The summed E-state index contributed by atoms with van der Waals surface area (Å²) in [5.74, 6) is 0.326. The van der Waals surface area contributed by atoms with E-state index in [0.29, 0.717) is 23.0 Å². The highest BCUT2D eigenvalue weighted by atomic mass is 16.6. The first-order chi connectivity index (χ1) is 14.4. The van der Waals surface area contributed by atoms with Crippen LogP contribution >= 0.6 is 0 Å². The van der Waals surface area contributed by atoms with Crippen molar-refractivity contribution in [3.63, 3.8) is 0 Å². The van der Waals surface area contributed by atoms with E-state index in [1.165, 1.54) is 35.2 Å². The summed E-state index contributed by atoms with van der Waals surface area (Å²) in [5.41, 5.74) is 1.20. The van der Waals surface area contributed by atoms with Crippen LogP contribution in [0.4, 0.5) is 11.5 Å². The van der Waals surface area contributed by atoms with Crippen LogP contribution in [0.1, 0.15) is 17.9 Å². The minimum Gasteiger partial charge on any atom is -0.465 e. The van der Waals surface area contributed by atoms with Gasteiger partial charge in [-0.2, -0.15) is 5.10 Å². The number of benzene rings is 1. The SMILES string of the molecule is Cc1cc(NC(=O)CCNC(=O)/C=C/c2ccco2)n(-c2ccc([N+](=O)[O-])cc2)n1. The summed E-state index contributed by atoms with van der Waals surface area (Å²) in [6, 6.07) is 10.9. The third-order valence-electron chi connectivity index (χ3n) is 4.00. The van der Waals surface area contributed by atoms with Gasteiger partial charge in [0.15, 0.2) is 0 Å². The predicted octanol–water partition coefficient (Wildman–Crippen LogP) is 2.84. The first kappa shape index (κ1) is 20.5. The van der Waals surface area contributed by atoms with Gasteiger partial charge in [0.05, 0.1) is 22.6 Å². The molecule has 2 amide bonds. The van der Waals surface area contributed by atoms with Crippen molar-refractivity contribution in [3.8, 4) is 5.69 Å². The number of nitrogens with one attached hydrogen (secondary N) is 2. The maximum atomic E-state index is 12.2. The van der Waals surface area contributed by atoms with E-state index in [2.05, 4.69) is 15.7 Å². The lowest BCUT2D eigenvalue weighted by atomic mass is 10.3. The van der Waals surface area contributed by atoms with Crippen LogP contribution in [0.5, 0.6) is 0 Å². The average molecular weight is 409 g/mol. The summed E-state index contributed by atoms with van der Waals surface area (Å²) in [7, 11) is 0. The van der Waals surface area contributed by atoms with Gasteiger partial charge in [-0.1, -0.05) is 0 Å². The number of amides is 2. The Morgan fingerprint density at radius 2 is 2.03 bits per heavy atom. The molecule has 2 N–H and O–H groups in total. The summed E-state index contributed by atoms with van der Waals surface area (Å²) >= 11 is 0. The Kier molecular flexibility index (Phi) is 6.38. The molecular formula is C20H19N5O5. The van der Waals surface area contributed by atoms with E-state index in [4.69, 9.17) is 4.42 Å². The molecule has 0 saturated carbocycles. The Bertz CT molecular complexity index is 1070. The van der Waals surface area contributed by atoms with E-state index in [1.54, 1.807) is 37.3 Å². The molecule has 0 spiro atoms. The number of carbonyl (C=O) groups excluding carboxylic acids is 2. The van der Waals surface area contributed by atoms with Gasteiger partial charge >= 0.3 is 0 Å². The highest BCUT2D eigenvalue weighted by Gasteiger charge is 2.12. The van der Waals surface area contributed by atoms with Crippen molar-refractivity contribution < 1.29 is 18.9 Å². The smallest absolute Gasteiger partial charge is 0.269 e. The second kappa shape index (κ2) is 9.32. The van der Waals surface area contributed by atoms with Crippen molar-refractivity contribution in [1.82, 2.24) is 15.1 Å². The minimum absolute atomic E-state index is 0.0370. The van der Waals surface area contributed by atoms with Crippen molar-refractivity contribution >= 4 is 29.4 Å². The lowest BCUT2D eigenvalue weighted by Crippen LogP contribution is -2.26. The maximum absolute atomic E-state index is 12.2. The van der Waals surface area contributed by atoms with Crippen molar-refractivity contribution in [1.29, 1.82) is 0 Å². The number of anilines is 1. The zero-order chi connectivity index (χ0) is 21.5. The number of aromatic nitrogens is 2. The highest BCUT2D eigenvalue weighted by Crippen LogP contribution is 2.20. The van der Waals surface area contributed by atoms with Gasteiger partial charge in [-0.3, -0.25) is 19.7 Å². The fourth-order valence-electron chi connectivity index (χ4n) is 2.61. The molecule has 0 aliphatic carbocycles. The number of nitro groups is 1. The number of rotatable bonds is 8. The molecule has 0 aliphatic heterocycles. The standard InChI is InChI=1S/C20H19N5O5/c1-14-13-18(24(23-14)15-4-6-16(7-5-15)25(28)29)22-20(27)10-11-21-19(26)9-8-17-3-2-12-30-17/h2-9,12-13H,10-11H2,1H3,(H,21,26)(H,22,27)/b9-8+. The Morgan fingerprint density at radius 3 is 2.70 bits per heavy atom. The molecule has 0 unspecified atom stereocenters. The number of hydrogen-bond acceptors (Lipinski definition) is 6. The van der Waals surface area contributed by atoms with Crippen molar-refractivity contribution in [2.45, 2.75) is 13.3 Å². The first-order valence-corrected chi connectivity index (χ1v) is 9.03. The molecule has 3 aromatic rings. The summed E-state index contributed by atoms with van der Waals surface area (Å²) in [5, 5.41) is 20.5. The lowest BCUT2D eigenvalue weighted by molar-refractivity contribution is -0.384. The molecule has 10 heteroatoms. The predicted molar refractivity (Wildman–Crippen MR) is 109 cm³/mol. The van der Waals surface area contributed by atoms with E-state index < -0.39 is 4.92 Å². The van der Waals surface area contributed by atoms with Crippen LogP contribution in [0.2, 0.25) is 0 Å². The minimum atomic E-state index is -0.487. The molecule has 0 aliphatic rings. The van der Waals surface area contributed by atoms with Gasteiger partial charge in [-0.25, -0.2) is 4.68 Å². The van der Waals surface area contributed by atoms with Crippen molar-refractivity contribution in [3.05, 3.63) is 76.4 Å². The number of carbonyl (C=O) groups is 2. The molecule has 2 aromatic heterocycles. The Labute approximate surface area is 171 Å². The molecule has 2 heterocycles. The van der Waals surface area contributed by atoms with Crippen LogP contribution in [0.3, 0.4) is 0 Å². The molecule has 10 nitrogen and oxygen atoms in total. The normalized spacial score (nSPS) is 10.8. The molecule has 0 fully saturated rings. The molecule has 0 radical (unpaired) electrons. The monoisotopic (exact) mass is 409 g/mol. The zero-order valence-electron chi connectivity index (χ0n) is 16.1. The van der Waals surface area contributed by atoms with Gasteiger partial charge in [0.1, 0.15) is 11.6 Å². The molecule has 3 rings (SSSR count). The molecule has 154 valence electrons. The Morgan fingerprint density at radius 1 is 1.27 bits per heavy atom. The molecule has 0 bridgehead atoms. The Hall–Kier alpha value is -4.21. The number of non-ortho nitro benzene ring substituents is 1. The van der Waals surface area contributed by atoms with Gasteiger partial charge in [-0.05, 0) is 37.3 Å². The van der Waals surface area contributed by atoms with Crippen LogP contribution in [0.15, 0.2) is 59.2 Å². The quantitative estimate of drug-likeness (QED) is 0.334. The summed E-state index contributed by atoms with van der Waals surface area (Å²) in [6.45, 7) is 1.92. The first-order valence-electron chi connectivity index (χ1n) is 9.03. The number of hydrogen-bond donors (Lipinski definition) is 2. The molecule has 1 aromatic carbocycles. The summed E-state index contributed by atoms with van der Waals surface area (Å²) in [6.07, 6.45) is 4.42. The van der Waals surface area contributed by atoms with Crippen LogP contribution < -0.4 is 10.6 Å². The van der Waals surface area contributed by atoms with Crippen LogP contribution in [0.25, 0.3) is 11.8 Å². The number of aryl methyl sites for hydroxylation is 1. The van der Waals surface area contributed by atoms with Gasteiger partial charge < -0.3 is 15.1 Å². The zero-order valence-corrected chi connectivity index (χ0v) is 16.1. The molecule has 30 heavy (non-hydrogen) atoms. The fourth-order valence-corrected chi connectivity index (χ4v) is 2.61. The Balaban J connectivity index is 1.55. The van der Waals surface area contributed by atoms with Crippen LogP contribution in [0, 0.1) is 17.0 Å². The topological polar surface area (TPSA) is 132 Å². The van der Waals surface area contributed by atoms with E-state index >= 15 is 0 Å². The average Bonchev–Trinajstić information content (AvgIpc) is 3.36. The van der Waals surface area contributed by atoms with Gasteiger partial charge in [0, 0.05) is 37.2 Å². The largest absolute Gasteiger partial charge is 0.465 e. The third kappa shape index (κ3) is 5.41. The second-order valence-electron chi connectivity index (χ2n) is 6.29. The lowest BCUT2D eigenvalue weighted by Gasteiger charge is -2.09. The second-order valence-corrected chi connectivity index (χ2v) is 6.29. The van der Waals surface area contributed by atoms with E-state index in [9.17, 15) is 19.7 Å². The highest BCUT2D eigenvalue weighted by molar-refractivity contribution is 5.93. The molecular weight excluding hydrogens is 390 g/mol. The van der Waals surface area contributed by atoms with E-state index in [-0.39, 0.29) is 30.5 Å². The van der Waals surface area contributed by atoms with Crippen LogP contribution in [-0.2, 0) is 9.59 Å². The van der Waals surface area contributed by atoms with E-state index in [1.807, 2.05) is 0 Å².